The van der Waals surface area contributed by atoms with Crippen LogP contribution in [-0.4, -0.2) is 34.7 Å². The summed E-state index contributed by atoms with van der Waals surface area (Å²) in [6, 6.07) is 3.28. The van der Waals surface area contributed by atoms with Crippen molar-refractivity contribution in [3.63, 3.8) is 0 Å². The molecular weight excluding hydrogens is 336 g/mol. The van der Waals surface area contributed by atoms with Crippen molar-refractivity contribution in [2.45, 2.75) is 64.7 Å². The van der Waals surface area contributed by atoms with Crippen LogP contribution in [0.25, 0.3) is 0 Å². The Morgan fingerprint density at radius 3 is 1.62 bits per heavy atom. The van der Waals surface area contributed by atoms with Gasteiger partial charge in [-0.2, -0.15) is 0 Å². The number of rotatable bonds is 13. The maximum Gasteiger partial charge on any atom is 0.338 e. The first-order valence-corrected chi connectivity index (χ1v) is 9.24. The maximum atomic E-state index is 12.0. The molecular formula is C20H28O6. The zero-order valence-corrected chi connectivity index (χ0v) is 15.3. The second-order valence-corrected chi connectivity index (χ2v) is 6.37. The van der Waals surface area contributed by atoms with Crippen molar-refractivity contribution < 1.29 is 29.3 Å². The van der Waals surface area contributed by atoms with Gasteiger partial charge in [0.15, 0.2) is 0 Å². The minimum absolute atomic E-state index is 0.0572. The summed E-state index contributed by atoms with van der Waals surface area (Å²) in [7, 11) is 0. The van der Waals surface area contributed by atoms with Crippen molar-refractivity contribution in [3.05, 3.63) is 34.9 Å². The number of hydrogen-bond acceptors (Lipinski definition) is 4. The van der Waals surface area contributed by atoms with Gasteiger partial charge in [-0.1, -0.05) is 58.3 Å². The Labute approximate surface area is 154 Å². The van der Waals surface area contributed by atoms with E-state index in [0.717, 1.165) is 37.5 Å². The molecule has 2 N–H and O–H groups in total. The highest BCUT2D eigenvalue weighted by atomic mass is 16.5. The van der Waals surface area contributed by atoms with Crippen molar-refractivity contribution in [3.8, 4) is 0 Å². The van der Waals surface area contributed by atoms with Crippen LogP contribution in [0.1, 0.15) is 95.8 Å². The van der Waals surface area contributed by atoms with E-state index in [2.05, 4.69) is 6.92 Å². The Balaban J connectivity index is 2.35. The fourth-order valence-electron chi connectivity index (χ4n) is 2.65. The molecule has 6 heteroatoms. The number of carboxylic acids is 2. The van der Waals surface area contributed by atoms with Gasteiger partial charge in [-0.3, -0.25) is 0 Å². The van der Waals surface area contributed by atoms with Gasteiger partial charge in [0.05, 0.1) is 23.3 Å². The normalized spacial score (nSPS) is 10.5. The number of esters is 1. The molecule has 1 rings (SSSR count). The average molecular weight is 364 g/mol. The lowest BCUT2D eigenvalue weighted by Gasteiger charge is -2.07. The summed E-state index contributed by atoms with van der Waals surface area (Å²) < 4.78 is 5.13. The van der Waals surface area contributed by atoms with Gasteiger partial charge in [0.25, 0.3) is 0 Å². The van der Waals surface area contributed by atoms with Crippen LogP contribution in [0.3, 0.4) is 0 Å². The Kier molecular flexibility index (Phi) is 10.1. The Hall–Kier alpha value is -2.37. The average Bonchev–Trinajstić information content (AvgIpc) is 2.62. The van der Waals surface area contributed by atoms with Gasteiger partial charge >= 0.3 is 17.9 Å². The summed E-state index contributed by atoms with van der Waals surface area (Å²) in [5.74, 6) is -3.28. The first-order chi connectivity index (χ1) is 12.5. The third-order valence-electron chi connectivity index (χ3n) is 4.14. The van der Waals surface area contributed by atoms with Crippen molar-refractivity contribution in [1.29, 1.82) is 0 Å². The molecule has 1 aromatic carbocycles. The highest BCUT2D eigenvalue weighted by Crippen LogP contribution is 2.13. The Bertz CT molecular complexity index is 576. The van der Waals surface area contributed by atoms with Crippen LogP contribution in [0, 0.1) is 0 Å². The number of carbonyl (C=O) groups is 3. The summed E-state index contributed by atoms with van der Waals surface area (Å²) in [4.78, 5) is 34.1. The molecule has 6 nitrogen and oxygen atoms in total. The minimum Gasteiger partial charge on any atom is -0.478 e. The Morgan fingerprint density at radius 1 is 0.731 bits per heavy atom. The van der Waals surface area contributed by atoms with Crippen LogP contribution >= 0.6 is 0 Å². The fourth-order valence-corrected chi connectivity index (χ4v) is 2.65. The largest absolute Gasteiger partial charge is 0.478 e. The quantitative estimate of drug-likeness (QED) is 0.386. The standard InChI is InChI=1S/C20H28O6/c1-2-3-4-5-6-7-8-9-10-11-26-20(25)17-13-15(18(21)22)12-16(14-17)19(23)24/h12-14H,2-11H2,1H3,(H,21,22)(H,23,24). The molecule has 0 fully saturated rings. The SMILES string of the molecule is CCCCCCCCCCCOC(=O)c1cc(C(=O)O)cc(C(=O)O)c1. The van der Waals surface area contributed by atoms with Gasteiger partial charge in [0.2, 0.25) is 0 Å². The Morgan fingerprint density at radius 2 is 1.15 bits per heavy atom. The van der Waals surface area contributed by atoms with Crippen LogP contribution in [0.15, 0.2) is 18.2 Å². The summed E-state index contributed by atoms with van der Waals surface area (Å²) in [5, 5.41) is 18.0. The zero-order chi connectivity index (χ0) is 19.4. The van der Waals surface area contributed by atoms with E-state index in [4.69, 9.17) is 14.9 Å². The van der Waals surface area contributed by atoms with Crippen LogP contribution in [0.5, 0.6) is 0 Å². The third kappa shape index (κ3) is 8.14. The monoisotopic (exact) mass is 364 g/mol. The second-order valence-electron chi connectivity index (χ2n) is 6.37. The smallest absolute Gasteiger partial charge is 0.338 e. The molecule has 0 heterocycles. The molecule has 0 spiro atoms. The predicted octanol–water partition coefficient (Wildman–Crippen LogP) is 4.77. The lowest BCUT2D eigenvalue weighted by atomic mass is 10.1. The van der Waals surface area contributed by atoms with E-state index >= 15 is 0 Å². The molecule has 0 radical (unpaired) electrons. The number of carbonyl (C=O) groups excluding carboxylic acids is 1. The summed E-state index contributed by atoms with van der Waals surface area (Å²) in [6.45, 7) is 2.44. The van der Waals surface area contributed by atoms with Crippen molar-refractivity contribution in [1.82, 2.24) is 0 Å². The fraction of sp³-hybridized carbons (Fsp3) is 0.550. The van der Waals surface area contributed by atoms with Crippen molar-refractivity contribution >= 4 is 17.9 Å². The lowest BCUT2D eigenvalue weighted by Crippen LogP contribution is -2.11. The molecule has 0 amide bonds. The van der Waals surface area contributed by atoms with E-state index in [1.165, 1.54) is 38.5 Å². The zero-order valence-electron chi connectivity index (χ0n) is 15.3. The van der Waals surface area contributed by atoms with E-state index in [-0.39, 0.29) is 23.3 Å². The van der Waals surface area contributed by atoms with Crippen LogP contribution in [0.2, 0.25) is 0 Å². The first kappa shape index (κ1) is 21.7. The van der Waals surface area contributed by atoms with Crippen LogP contribution < -0.4 is 0 Å². The first-order valence-electron chi connectivity index (χ1n) is 9.24. The highest BCUT2D eigenvalue weighted by Gasteiger charge is 2.16. The molecule has 1 aromatic rings. The third-order valence-corrected chi connectivity index (χ3v) is 4.14. The minimum atomic E-state index is -1.29. The van der Waals surface area contributed by atoms with Crippen LogP contribution in [-0.2, 0) is 4.74 Å². The van der Waals surface area contributed by atoms with Crippen molar-refractivity contribution in [2.75, 3.05) is 6.61 Å². The summed E-state index contributed by atoms with van der Waals surface area (Å²) >= 11 is 0. The van der Waals surface area contributed by atoms with Gasteiger partial charge in [0, 0.05) is 0 Å². The van der Waals surface area contributed by atoms with Gasteiger partial charge < -0.3 is 14.9 Å². The number of benzene rings is 1. The summed E-state index contributed by atoms with van der Waals surface area (Å²) in [6.07, 6.45) is 10.3. The van der Waals surface area contributed by atoms with Gasteiger partial charge in [0.1, 0.15) is 0 Å². The molecule has 144 valence electrons. The number of hydrogen-bond donors (Lipinski definition) is 2. The second kappa shape index (κ2) is 12.1. The van der Waals surface area contributed by atoms with E-state index in [0.29, 0.717) is 0 Å². The number of unbranched alkanes of at least 4 members (excludes halogenated alkanes) is 8. The highest BCUT2D eigenvalue weighted by molar-refractivity contribution is 5.99. The molecule has 0 aliphatic carbocycles. The van der Waals surface area contributed by atoms with Crippen LogP contribution in [0.4, 0.5) is 0 Å². The van der Waals surface area contributed by atoms with E-state index in [1.54, 1.807) is 0 Å². The number of carboxylic acid groups (broad SMARTS) is 2. The lowest BCUT2D eigenvalue weighted by molar-refractivity contribution is 0.0497. The molecule has 0 aliphatic heterocycles. The van der Waals surface area contributed by atoms with Crippen molar-refractivity contribution in [2.24, 2.45) is 0 Å². The summed E-state index contributed by atoms with van der Waals surface area (Å²) in [5.41, 5.74) is -0.557. The molecule has 0 unspecified atom stereocenters. The van der Waals surface area contributed by atoms with Gasteiger partial charge in [-0.25, -0.2) is 14.4 Å². The van der Waals surface area contributed by atoms with E-state index < -0.39 is 17.9 Å². The molecule has 0 atom stereocenters. The molecule has 0 aliphatic rings. The molecule has 26 heavy (non-hydrogen) atoms. The van der Waals surface area contributed by atoms with E-state index in [9.17, 15) is 14.4 Å². The number of ether oxygens (including phenoxy) is 1. The predicted molar refractivity (Wildman–Crippen MR) is 97.9 cm³/mol. The van der Waals surface area contributed by atoms with Gasteiger partial charge in [-0.05, 0) is 24.6 Å². The maximum absolute atomic E-state index is 12.0. The molecule has 0 saturated carbocycles. The topological polar surface area (TPSA) is 101 Å². The number of aromatic carboxylic acids is 2. The van der Waals surface area contributed by atoms with E-state index in [1.807, 2.05) is 0 Å². The molecule has 0 saturated heterocycles. The molecule has 0 bridgehead atoms. The molecule has 0 aromatic heterocycles. The van der Waals surface area contributed by atoms with Gasteiger partial charge in [-0.15, -0.1) is 0 Å².